The van der Waals surface area contributed by atoms with Gasteiger partial charge in [0.2, 0.25) is 0 Å². The summed E-state index contributed by atoms with van der Waals surface area (Å²) in [7, 11) is 1.54. The average Bonchev–Trinajstić information content (AvgIpc) is 3.03. The van der Waals surface area contributed by atoms with Crippen LogP contribution in [-0.4, -0.2) is 48.2 Å². The van der Waals surface area contributed by atoms with E-state index in [0.717, 1.165) is 5.56 Å². The number of amides is 1. The summed E-state index contributed by atoms with van der Waals surface area (Å²) in [5, 5.41) is 6.76. The van der Waals surface area contributed by atoms with Crippen molar-refractivity contribution in [3.05, 3.63) is 41.7 Å². The van der Waals surface area contributed by atoms with Gasteiger partial charge in [-0.15, -0.1) is 0 Å². The van der Waals surface area contributed by atoms with Crippen LogP contribution in [0.3, 0.4) is 0 Å². The molecule has 0 saturated carbocycles. The van der Waals surface area contributed by atoms with E-state index < -0.39 is 24.7 Å². The molecule has 0 saturated heterocycles. The summed E-state index contributed by atoms with van der Waals surface area (Å²) >= 11 is 0. The van der Waals surface area contributed by atoms with Gasteiger partial charge >= 0.3 is 6.18 Å². The highest BCUT2D eigenvalue weighted by Gasteiger charge is 2.27. The molecule has 142 valence electrons. The zero-order chi connectivity index (χ0) is 19.3. The van der Waals surface area contributed by atoms with Gasteiger partial charge in [-0.2, -0.15) is 18.3 Å². The van der Waals surface area contributed by atoms with Crippen LogP contribution in [-0.2, 0) is 4.74 Å². The van der Waals surface area contributed by atoms with Crippen molar-refractivity contribution >= 4 is 5.91 Å². The minimum atomic E-state index is -4.39. The Kier molecular flexibility index (Phi) is 6.25. The molecule has 0 spiro atoms. The molecule has 0 fully saturated rings. The van der Waals surface area contributed by atoms with Crippen molar-refractivity contribution < 1.29 is 27.4 Å². The first-order chi connectivity index (χ1) is 12.2. The Bertz CT molecular complexity index is 759. The summed E-state index contributed by atoms with van der Waals surface area (Å²) in [6.45, 7) is 1.87. The maximum absolute atomic E-state index is 12.2. The maximum atomic E-state index is 12.2. The third-order valence-electron chi connectivity index (χ3n) is 3.41. The van der Waals surface area contributed by atoms with E-state index >= 15 is 0 Å². The molecule has 1 unspecified atom stereocenters. The Balaban J connectivity index is 2.01. The minimum Gasteiger partial charge on any atom is -0.494 e. The molecular weight excluding hydrogens is 351 g/mol. The van der Waals surface area contributed by atoms with Gasteiger partial charge in [-0.1, -0.05) is 6.07 Å². The first-order valence-corrected chi connectivity index (χ1v) is 7.85. The second-order valence-electron chi connectivity index (χ2n) is 5.83. The van der Waals surface area contributed by atoms with Gasteiger partial charge in [0.15, 0.2) is 5.69 Å². The normalized spacial score (nSPS) is 12.7. The fraction of sp³-hybridized carbons (Fsp3) is 0.412. The lowest BCUT2D eigenvalue weighted by atomic mass is 10.2. The highest BCUT2D eigenvalue weighted by Crippen LogP contribution is 2.23. The van der Waals surface area contributed by atoms with Gasteiger partial charge in [0.25, 0.3) is 5.91 Å². The number of ether oxygens (including phenoxy) is 2. The highest BCUT2D eigenvalue weighted by molar-refractivity contribution is 5.92. The van der Waals surface area contributed by atoms with Gasteiger partial charge in [-0.25, -0.2) is 4.68 Å². The predicted molar refractivity (Wildman–Crippen MR) is 88.7 cm³/mol. The number of halogens is 3. The van der Waals surface area contributed by atoms with Crippen LogP contribution in [0, 0.1) is 6.92 Å². The molecule has 9 heteroatoms. The van der Waals surface area contributed by atoms with Crippen LogP contribution in [0.25, 0.3) is 5.69 Å². The van der Waals surface area contributed by atoms with Crippen LogP contribution < -0.4 is 10.1 Å². The number of carbonyl (C=O) groups is 1. The van der Waals surface area contributed by atoms with Gasteiger partial charge in [0.1, 0.15) is 18.0 Å². The van der Waals surface area contributed by atoms with Gasteiger partial charge in [-0.3, -0.25) is 4.79 Å². The van der Waals surface area contributed by atoms with E-state index in [1.807, 2.05) is 19.1 Å². The van der Waals surface area contributed by atoms with Crippen molar-refractivity contribution in [2.45, 2.75) is 26.1 Å². The number of nitrogens with zero attached hydrogens (tertiary/aromatic N) is 2. The summed E-state index contributed by atoms with van der Waals surface area (Å²) in [5.74, 6) is 0.0954. The molecule has 0 aliphatic carbocycles. The van der Waals surface area contributed by atoms with E-state index in [1.54, 1.807) is 19.2 Å². The number of aromatic nitrogens is 2. The molecule has 0 bridgehead atoms. The van der Waals surface area contributed by atoms with E-state index in [9.17, 15) is 18.0 Å². The number of aryl methyl sites for hydroxylation is 1. The van der Waals surface area contributed by atoms with E-state index in [2.05, 4.69) is 15.2 Å². The number of hydrogen-bond acceptors (Lipinski definition) is 4. The van der Waals surface area contributed by atoms with E-state index in [4.69, 9.17) is 4.74 Å². The number of alkyl halides is 3. The molecule has 1 atom stereocenters. The quantitative estimate of drug-likeness (QED) is 0.813. The van der Waals surface area contributed by atoms with Crippen molar-refractivity contribution in [1.29, 1.82) is 0 Å². The van der Waals surface area contributed by atoms with Crippen LogP contribution in [0.1, 0.15) is 23.0 Å². The molecule has 2 aromatic rings. The SMILES string of the molecule is COc1ccc(C)cc1-n1ccc(C(=O)NC(C)COCC(F)(F)F)n1. The van der Waals surface area contributed by atoms with E-state index in [-0.39, 0.29) is 12.3 Å². The molecular formula is C17H20F3N3O3. The number of benzene rings is 1. The minimum absolute atomic E-state index is 0.135. The zero-order valence-corrected chi connectivity index (χ0v) is 14.6. The predicted octanol–water partition coefficient (Wildman–Crippen LogP) is 2.89. The van der Waals surface area contributed by atoms with Crippen LogP contribution in [0.2, 0.25) is 0 Å². The fourth-order valence-corrected chi connectivity index (χ4v) is 2.25. The Morgan fingerprint density at radius 1 is 1.35 bits per heavy atom. The second-order valence-corrected chi connectivity index (χ2v) is 5.83. The van der Waals surface area contributed by atoms with Gasteiger partial charge in [0.05, 0.1) is 13.7 Å². The van der Waals surface area contributed by atoms with Crippen LogP contribution >= 0.6 is 0 Å². The molecule has 1 amide bonds. The Morgan fingerprint density at radius 3 is 2.73 bits per heavy atom. The number of methoxy groups -OCH3 is 1. The first kappa shape index (κ1) is 19.8. The van der Waals surface area contributed by atoms with Crippen molar-refractivity contribution in [3.8, 4) is 11.4 Å². The molecule has 1 aromatic heterocycles. The summed E-state index contributed by atoms with van der Waals surface area (Å²) in [5.41, 5.74) is 1.81. The number of rotatable bonds is 7. The molecule has 0 radical (unpaired) electrons. The number of hydrogen-bond donors (Lipinski definition) is 1. The molecule has 0 aliphatic rings. The average molecular weight is 371 g/mol. The van der Waals surface area contributed by atoms with Gasteiger partial charge in [-0.05, 0) is 37.6 Å². The smallest absolute Gasteiger partial charge is 0.411 e. The van der Waals surface area contributed by atoms with Crippen molar-refractivity contribution in [2.75, 3.05) is 20.3 Å². The Morgan fingerprint density at radius 2 is 2.08 bits per heavy atom. The standard InChI is InChI=1S/C17H20F3N3O3/c1-11-4-5-15(25-3)14(8-11)23-7-6-13(22-23)16(24)21-12(2)9-26-10-17(18,19)20/h4-8,12H,9-10H2,1-3H3,(H,21,24). The lowest BCUT2D eigenvalue weighted by Crippen LogP contribution is -2.37. The van der Waals surface area contributed by atoms with Crippen LogP contribution in [0.4, 0.5) is 13.2 Å². The molecule has 2 rings (SSSR count). The topological polar surface area (TPSA) is 65.4 Å². The molecule has 26 heavy (non-hydrogen) atoms. The molecule has 1 N–H and O–H groups in total. The van der Waals surface area contributed by atoms with Gasteiger partial charge < -0.3 is 14.8 Å². The van der Waals surface area contributed by atoms with E-state index in [0.29, 0.717) is 11.4 Å². The molecule has 6 nitrogen and oxygen atoms in total. The summed E-state index contributed by atoms with van der Waals surface area (Å²) in [4.78, 5) is 12.2. The fourth-order valence-electron chi connectivity index (χ4n) is 2.25. The first-order valence-electron chi connectivity index (χ1n) is 7.85. The summed E-state index contributed by atoms with van der Waals surface area (Å²) in [6, 6.07) is 6.47. The number of carbonyl (C=O) groups excluding carboxylic acids is 1. The largest absolute Gasteiger partial charge is 0.494 e. The lowest BCUT2D eigenvalue weighted by molar-refractivity contribution is -0.174. The zero-order valence-electron chi connectivity index (χ0n) is 14.6. The van der Waals surface area contributed by atoms with Gasteiger partial charge in [0, 0.05) is 12.2 Å². The van der Waals surface area contributed by atoms with Crippen molar-refractivity contribution in [3.63, 3.8) is 0 Å². The third-order valence-corrected chi connectivity index (χ3v) is 3.41. The number of nitrogens with one attached hydrogen (secondary N) is 1. The Hall–Kier alpha value is -2.55. The van der Waals surface area contributed by atoms with Crippen molar-refractivity contribution in [2.24, 2.45) is 0 Å². The van der Waals surface area contributed by atoms with E-state index in [1.165, 1.54) is 17.9 Å². The highest BCUT2D eigenvalue weighted by atomic mass is 19.4. The lowest BCUT2D eigenvalue weighted by Gasteiger charge is -2.14. The monoisotopic (exact) mass is 371 g/mol. The third kappa shape index (κ3) is 5.48. The maximum Gasteiger partial charge on any atom is 0.411 e. The summed E-state index contributed by atoms with van der Waals surface area (Å²) < 4.78 is 47.5. The summed E-state index contributed by atoms with van der Waals surface area (Å²) in [6.07, 6.45) is -2.79. The van der Waals surface area contributed by atoms with Crippen LogP contribution in [0.5, 0.6) is 5.75 Å². The second kappa shape index (κ2) is 8.22. The van der Waals surface area contributed by atoms with Crippen LogP contribution in [0.15, 0.2) is 30.5 Å². The Labute approximate surface area is 148 Å². The molecule has 0 aliphatic heterocycles. The molecule has 1 aromatic carbocycles. The molecule has 1 heterocycles. The van der Waals surface area contributed by atoms with Crippen molar-refractivity contribution in [1.82, 2.24) is 15.1 Å².